The molecule has 2 aromatic heterocycles. The molecule has 0 radical (unpaired) electrons. The van der Waals surface area contributed by atoms with E-state index in [1.54, 1.807) is 19.4 Å². The molecule has 0 saturated carbocycles. The van der Waals surface area contributed by atoms with Gasteiger partial charge in [0.2, 0.25) is 0 Å². The summed E-state index contributed by atoms with van der Waals surface area (Å²) in [6.07, 6.45) is 7.09. The zero-order valence-corrected chi connectivity index (χ0v) is 20.8. The number of nitrogens with zero attached hydrogens (tertiary/aromatic N) is 3. The number of unbranched alkanes of at least 4 members (excludes halogenated alkanes) is 1. The molecule has 8 heteroatoms. The molecule has 2 aromatic rings. The fraction of sp³-hybridized carbons (Fsp3) is 0.593. The third kappa shape index (κ3) is 5.92. The highest BCUT2D eigenvalue weighted by Gasteiger charge is 2.37. The Morgan fingerprint density at radius 3 is 3.03 bits per heavy atom. The Kier molecular flexibility index (Phi) is 8.55. The van der Waals surface area contributed by atoms with Gasteiger partial charge in [-0.15, -0.1) is 0 Å². The fourth-order valence-electron chi connectivity index (χ4n) is 5.48. The lowest BCUT2D eigenvalue weighted by Gasteiger charge is -2.26. The summed E-state index contributed by atoms with van der Waals surface area (Å²) in [6.45, 7) is 3.95. The van der Waals surface area contributed by atoms with Crippen LogP contribution in [0.3, 0.4) is 0 Å². The van der Waals surface area contributed by atoms with Gasteiger partial charge in [0, 0.05) is 53.8 Å². The van der Waals surface area contributed by atoms with Crippen molar-refractivity contribution in [1.82, 2.24) is 14.9 Å². The second kappa shape index (κ2) is 11.8. The van der Waals surface area contributed by atoms with Crippen molar-refractivity contribution in [3.05, 3.63) is 46.9 Å². The number of pyridine rings is 2. The van der Waals surface area contributed by atoms with E-state index in [0.29, 0.717) is 32.4 Å². The largest absolute Gasteiger partial charge is 0.496 e. The first-order valence-corrected chi connectivity index (χ1v) is 12.9. The zero-order valence-electron chi connectivity index (χ0n) is 20.8. The number of hydrogen-bond donors (Lipinski definition) is 2. The van der Waals surface area contributed by atoms with E-state index in [9.17, 15) is 9.90 Å². The Morgan fingerprint density at radius 1 is 1.40 bits per heavy atom. The molecule has 2 unspecified atom stereocenters. The van der Waals surface area contributed by atoms with Gasteiger partial charge < -0.3 is 15.2 Å². The van der Waals surface area contributed by atoms with Crippen molar-refractivity contribution in [2.75, 3.05) is 32.1 Å². The molecular formula is C27H37FN4O3. The molecule has 190 valence electrons. The van der Waals surface area contributed by atoms with Crippen LogP contribution in [0.5, 0.6) is 5.75 Å². The zero-order chi connectivity index (χ0) is 24.8. The molecule has 2 N–H and O–H groups in total. The molecule has 1 saturated heterocycles. The molecule has 2 aliphatic rings. The Hall–Kier alpha value is -2.74. The standard InChI is InChI=1S/C27H37FN4O3/c1-3-23-20(9-6-13-29-23)25(27(33)34)32-15-12-18(17-32)22(28)11-5-4-8-19-16-24(35-2)21-10-7-14-30-26(21)31-19/h6,9,13,16,18,22,25H,3-5,7-8,10-12,14-15,17H2,1-2H3,(H,30,31)(H,33,34)/t18-,22?,25?/m1/s1. The quantitative estimate of drug-likeness (QED) is 0.451. The smallest absolute Gasteiger partial charge is 0.325 e. The Balaban J connectivity index is 1.29. The number of hydrogen-bond acceptors (Lipinski definition) is 6. The van der Waals surface area contributed by atoms with Crippen molar-refractivity contribution in [3.8, 4) is 5.75 Å². The predicted octanol–water partition coefficient (Wildman–Crippen LogP) is 4.60. The topological polar surface area (TPSA) is 87.6 Å². The van der Waals surface area contributed by atoms with Crippen LogP contribution in [0.25, 0.3) is 0 Å². The summed E-state index contributed by atoms with van der Waals surface area (Å²) >= 11 is 0. The van der Waals surface area contributed by atoms with Crippen LogP contribution in [-0.4, -0.2) is 58.9 Å². The lowest BCUT2D eigenvalue weighted by atomic mass is 9.97. The number of carboxylic acids is 1. The van der Waals surface area contributed by atoms with Gasteiger partial charge in [-0.05, 0) is 57.6 Å². The van der Waals surface area contributed by atoms with Crippen LogP contribution >= 0.6 is 0 Å². The number of nitrogens with one attached hydrogen (secondary N) is 1. The van der Waals surface area contributed by atoms with Crippen molar-refractivity contribution in [3.63, 3.8) is 0 Å². The summed E-state index contributed by atoms with van der Waals surface area (Å²) in [4.78, 5) is 23.1. The highest BCUT2D eigenvalue weighted by atomic mass is 19.1. The van der Waals surface area contributed by atoms with Crippen molar-refractivity contribution >= 4 is 11.8 Å². The average Bonchev–Trinajstić information content (AvgIpc) is 3.36. The van der Waals surface area contributed by atoms with Gasteiger partial charge in [0.05, 0.1) is 7.11 Å². The van der Waals surface area contributed by atoms with E-state index in [2.05, 4.69) is 10.3 Å². The second-order valence-corrected chi connectivity index (χ2v) is 9.61. The maximum atomic E-state index is 15.1. The van der Waals surface area contributed by atoms with Gasteiger partial charge in [0.25, 0.3) is 0 Å². The highest BCUT2D eigenvalue weighted by molar-refractivity contribution is 5.76. The van der Waals surface area contributed by atoms with Gasteiger partial charge in [0.1, 0.15) is 23.8 Å². The molecule has 0 aromatic carbocycles. The molecule has 0 amide bonds. The monoisotopic (exact) mass is 484 g/mol. The summed E-state index contributed by atoms with van der Waals surface area (Å²) in [6, 6.07) is 4.86. The molecule has 4 rings (SSSR count). The first kappa shape index (κ1) is 25.4. The molecular weight excluding hydrogens is 447 g/mol. The minimum absolute atomic E-state index is 0.134. The third-order valence-electron chi connectivity index (χ3n) is 7.34. The maximum absolute atomic E-state index is 15.1. The second-order valence-electron chi connectivity index (χ2n) is 9.61. The molecule has 3 atom stereocenters. The van der Waals surface area contributed by atoms with Gasteiger partial charge in [-0.2, -0.15) is 0 Å². The first-order chi connectivity index (χ1) is 17.0. The normalized spacial score (nSPS) is 19.6. The van der Waals surface area contributed by atoms with Crippen LogP contribution in [-0.2, 0) is 24.1 Å². The van der Waals surface area contributed by atoms with E-state index >= 15 is 4.39 Å². The minimum Gasteiger partial charge on any atom is -0.496 e. The number of rotatable bonds is 11. The molecule has 35 heavy (non-hydrogen) atoms. The van der Waals surface area contributed by atoms with E-state index in [1.165, 1.54) is 0 Å². The minimum atomic E-state index is -0.929. The number of carboxylic acid groups (broad SMARTS) is 1. The third-order valence-corrected chi connectivity index (χ3v) is 7.34. The van der Waals surface area contributed by atoms with Crippen LogP contribution < -0.4 is 10.1 Å². The van der Waals surface area contributed by atoms with Gasteiger partial charge in [0.15, 0.2) is 0 Å². The van der Waals surface area contributed by atoms with Crippen molar-refractivity contribution in [1.29, 1.82) is 0 Å². The molecule has 1 fully saturated rings. The number of methoxy groups -OCH3 is 1. The number of likely N-dealkylation sites (tertiary alicyclic amines) is 1. The van der Waals surface area contributed by atoms with Crippen molar-refractivity contribution in [2.24, 2.45) is 5.92 Å². The summed E-state index contributed by atoms with van der Waals surface area (Å²) < 4.78 is 20.7. The average molecular weight is 485 g/mol. The summed E-state index contributed by atoms with van der Waals surface area (Å²) in [5, 5.41) is 13.3. The summed E-state index contributed by atoms with van der Waals surface area (Å²) in [7, 11) is 1.69. The molecule has 4 heterocycles. The van der Waals surface area contributed by atoms with E-state index in [0.717, 1.165) is 72.7 Å². The number of aryl methyl sites for hydroxylation is 2. The number of aromatic nitrogens is 2. The van der Waals surface area contributed by atoms with Gasteiger partial charge in [-0.1, -0.05) is 19.4 Å². The Morgan fingerprint density at radius 2 is 2.26 bits per heavy atom. The van der Waals surface area contributed by atoms with Gasteiger partial charge in [-0.25, -0.2) is 9.37 Å². The number of halogens is 1. The van der Waals surface area contributed by atoms with E-state index < -0.39 is 18.2 Å². The Bertz CT molecular complexity index is 1000. The van der Waals surface area contributed by atoms with E-state index in [1.807, 2.05) is 24.0 Å². The number of carbonyl (C=O) groups is 1. The SMILES string of the molecule is CCc1ncccc1C(C(=O)O)N1CC[C@@H](C(F)CCCCc2cc(OC)c3c(n2)NCCC3)C1. The predicted molar refractivity (Wildman–Crippen MR) is 134 cm³/mol. The highest BCUT2D eigenvalue weighted by Crippen LogP contribution is 2.34. The molecule has 0 spiro atoms. The number of aliphatic carboxylic acids is 1. The van der Waals surface area contributed by atoms with Crippen LogP contribution in [0.1, 0.15) is 67.6 Å². The van der Waals surface area contributed by atoms with Crippen LogP contribution in [0, 0.1) is 5.92 Å². The summed E-state index contributed by atoms with van der Waals surface area (Å²) in [5.41, 5.74) is 3.64. The lowest BCUT2D eigenvalue weighted by Crippen LogP contribution is -2.34. The molecule has 0 aliphatic carbocycles. The number of fused-ring (bicyclic) bond motifs is 1. The maximum Gasteiger partial charge on any atom is 0.325 e. The van der Waals surface area contributed by atoms with Crippen LogP contribution in [0.2, 0.25) is 0 Å². The van der Waals surface area contributed by atoms with E-state index in [-0.39, 0.29) is 5.92 Å². The fourth-order valence-corrected chi connectivity index (χ4v) is 5.48. The number of ether oxygens (including phenoxy) is 1. The van der Waals surface area contributed by atoms with Gasteiger partial charge >= 0.3 is 5.97 Å². The first-order valence-electron chi connectivity index (χ1n) is 12.9. The number of alkyl halides is 1. The van der Waals surface area contributed by atoms with Crippen LogP contribution in [0.15, 0.2) is 24.4 Å². The van der Waals surface area contributed by atoms with Crippen molar-refractivity contribution in [2.45, 2.75) is 70.5 Å². The molecule has 7 nitrogen and oxygen atoms in total. The molecule has 2 aliphatic heterocycles. The lowest BCUT2D eigenvalue weighted by molar-refractivity contribution is -0.143. The molecule has 0 bridgehead atoms. The van der Waals surface area contributed by atoms with Gasteiger partial charge in [-0.3, -0.25) is 14.7 Å². The van der Waals surface area contributed by atoms with Crippen LogP contribution in [0.4, 0.5) is 10.2 Å². The van der Waals surface area contributed by atoms with E-state index in [4.69, 9.17) is 9.72 Å². The number of anilines is 1. The summed E-state index contributed by atoms with van der Waals surface area (Å²) in [5.74, 6) is 0.781. The Labute approximate surface area is 207 Å². The van der Waals surface area contributed by atoms with Crippen molar-refractivity contribution < 1.29 is 19.0 Å².